The molecular weight excluding hydrogens is 355 g/mol. The van der Waals surface area contributed by atoms with Crippen LogP contribution in [0.15, 0.2) is 53.4 Å². The minimum atomic E-state index is -4.48. The maximum Gasteiger partial charge on any atom is 0.446 e. The lowest BCUT2D eigenvalue weighted by Gasteiger charge is -2.24. The number of para-hydroxylation sites is 1. The first kappa shape index (κ1) is 17.3. The molecule has 0 aromatic heterocycles. The number of nitrogens with one attached hydrogen (secondary N) is 1. The maximum absolute atomic E-state index is 12.6. The van der Waals surface area contributed by atoms with Crippen LogP contribution in [-0.4, -0.2) is 23.5 Å². The van der Waals surface area contributed by atoms with Crippen LogP contribution >= 0.6 is 11.8 Å². The maximum atomic E-state index is 12.6. The number of benzene rings is 2. The van der Waals surface area contributed by atoms with Crippen LogP contribution in [0.5, 0.6) is 0 Å². The van der Waals surface area contributed by atoms with Gasteiger partial charge >= 0.3 is 11.5 Å². The van der Waals surface area contributed by atoms with Crippen LogP contribution in [0.4, 0.5) is 18.9 Å². The Morgan fingerprint density at radius 1 is 1.12 bits per heavy atom. The number of rotatable bonds is 3. The molecule has 1 aliphatic heterocycles. The molecule has 8 heteroatoms. The highest BCUT2D eigenvalue weighted by Crippen LogP contribution is 2.40. The standard InChI is InChI=1S/C17H12F3NO3S/c18-17(19,20)25-14-8-4-3-7-12(14)21-15(22)13-9-10-5-1-2-6-11(10)16(23)24-13/h1-8,13H,9H2,(H,21,22). The zero-order valence-electron chi connectivity index (χ0n) is 12.7. The molecule has 0 fully saturated rings. The van der Waals surface area contributed by atoms with Gasteiger partial charge in [-0.3, -0.25) is 4.79 Å². The number of carbonyl (C=O) groups excluding carboxylic acids is 2. The zero-order chi connectivity index (χ0) is 18.0. The lowest BCUT2D eigenvalue weighted by atomic mass is 9.98. The summed E-state index contributed by atoms with van der Waals surface area (Å²) in [5, 5.41) is 2.42. The van der Waals surface area contributed by atoms with Crippen LogP contribution in [0.3, 0.4) is 0 Å². The van der Waals surface area contributed by atoms with Crippen molar-refractivity contribution in [1.29, 1.82) is 0 Å². The predicted molar refractivity (Wildman–Crippen MR) is 86.3 cm³/mol. The molecule has 3 rings (SSSR count). The lowest BCUT2D eigenvalue weighted by molar-refractivity contribution is -0.125. The molecule has 1 amide bonds. The molecule has 0 bridgehead atoms. The molecule has 0 spiro atoms. The highest BCUT2D eigenvalue weighted by Gasteiger charge is 2.33. The van der Waals surface area contributed by atoms with Crippen molar-refractivity contribution in [2.24, 2.45) is 0 Å². The van der Waals surface area contributed by atoms with E-state index in [0.29, 0.717) is 11.1 Å². The van der Waals surface area contributed by atoms with Crippen molar-refractivity contribution in [1.82, 2.24) is 0 Å². The van der Waals surface area contributed by atoms with E-state index in [1.54, 1.807) is 24.3 Å². The second kappa shape index (κ2) is 6.79. The van der Waals surface area contributed by atoms with E-state index in [0.717, 1.165) is 0 Å². The van der Waals surface area contributed by atoms with Crippen molar-refractivity contribution < 1.29 is 27.5 Å². The van der Waals surface area contributed by atoms with Crippen molar-refractivity contribution in [2.75, 3.05) is 5.32 Å². The van der Waals surface area contributed by atoms with Gasteiger partial charge < -0.3 is 10.1 Å². The molecule has 1 atom stereocenters. The van der Waals surface area contributed by atoms with Crippen LogP contribution in [0, 0.1) is 0 Å². The van der Waals surface area contributed by atoms with E-state index in [2.05, 4.69) is 5.32 Å². The second-order valence-corrected chi connectivity index (χ2v) is 6.40. The van der Waals surface area contributed by atoms with E-state index >= 15 is 0 Å². The predicted octanol–water partition coefficient (Wildman–Crippen LogP) is 4.02. The molecule has 0 saturated carbocycles. The number of anilines is 1. The molecular formula is C17H12F3NO3S. The first-order chi connectivity index (χ1) is 11.8. The largest absolute Gasteiger partial charge is 0.448 e. The van der Waals surface area contributed by atoms with Crippen LogP contribution in [0.1, 0.15) is 15.9 Å². The van der Waals surface area contributed by atoms with Gasteiger partial charge in [-0.05, 0) is 35.5 Å². The normalized spacial score (nSPS) is 16.8. The summed E-state index contributed by atoms with van der Waals surface area (Å²) >= 11 is -0.317. The molecule has 25 heavy (non-hydrogen) atoms. The molecule has 1 aliphatic rings. The minimum Gasteiger partial charge on any atom is -0.448 e. The monoisotopic (exact) mass is 367 g/mol. The molecule has 0 radical (unpaired) electrons. The molecule has 1 N–H and O–H groups in total. The molecule has 1 heterocycles. The number of carbonyl (C=O) groups is 2. The highest BCUT2D eigenvalue weighted by atomic mass is 32.2. The quantitative estimate of drug-likeness (QED) is 0.658. The number of ether oxygens (including phenoxy) is 1. The number of halogens is 3. The zero-order valence-corrected chi connectivity index (χ0v) is 13.5. The van der Waals surface area contributed by atoms with Crippen molar-refractivity contribution >= 4 is 29.3 Å². The van der Waals surface area contributed by atoms with Gasteiger partial charge in [-0.2, -0.15) is 13.2 Å². The fraction of sp³-hybridized carbons (Fsp3) is 0.176. The summed E-state index contributed by atoms with van der Waals surface area (Å²) in [5.41, 5.74) is -3.40. The average molecular weight is 367 g/mol. The summed E-state index contributed by atoms with van der Waals surface area (Å²) in [6.45, 7) is 0. The van der Waals surface area contributed by atoms with Gasteiger partial charge in [0, 0.05) is 11.3 Å². The van der Waals surface area contributed by atoms with Crippen molar-refractivity contribution in [3.8, 4) is 0 Å². The summed E-state index contributed by atoms with van der Waals surface area (Å²) in [7, 11) is 0. The molecule has 4 nitrogen and oxygen atoms in total. The Balaban J connectivity index is 1.77. The van der Waals surface area contributed by atoms with Crippen molar-refractivity contribution in [2.45, 2.75) is 22.9 Å². The fourth-order valence-corrected chi connectivity index (χ4v) is 3.10. The summed E-state index contributed by atoms with van der Waals surface area (Å²) in [4.78, 5) is 24.2. The third kappa shape index (κ3) is 4.14. The number of esters is 1. The Hall–Kier alpha value is -2.48. The Morgan fingerprint density at radius 2 is 1.80 bits per heavy atom. The Labute approximate surface area is 145 Å². The van der Waals surface area contributed by atoms with Crippen LogP contribution in [0.2, 0.25) is 0 Å². The number of amides is 1. The third-order valence-electron chi connectivity index (χ3n) is 3.55. The topological polar surface area (TPSA) is 55.4 Å². The van der Waals surface area contributed by atoms with Gasteiger partial charge in [0.2, 0.25) is 0 Å². The Morgan fingerprint density at radius 3 is 2.56 bits per heavy atom. The number of hydrogen-bond donors (Lipinski definition) is 1. The Bertz CT molecular complexity index is 823. The number of alkyl halides is 3. The van der Waals surface area contributed by atoms with E-state index < -0.39 is 23.5 Å². The molecule has 0 aliphatic carbocycles. The van der Waals surface area contributed by atoms with Crippen LogP contribution in [-0.2, 0) is 16.0 Å². The number of thioether (sulfide) groups is 1. The van der Waals surface area contributed by atoms with Gasteiger partial charge in [0.1, 0.15) is 0 Å². The van der Waals surface area contributed by atoms with Gasteiger partial charge in [0.15, 0.2) is 6.10 Å². The summed E-state index contributed by atoms with van der Waals surface area (Å²) in [6, 6.07) is 12.3. The molecule has 1 unspecified atom stereocenters. The molecule has 130 valence electrons. The lowest BCUT2D eigenvalue weighted by Crippen LogP contribution is -2.38. The van der Waals surface area contributed by atoms with Crippen molar-refractivity contribution in [3.63, 3.8) is 0 Å². The third-order valence-corrected chi connectivity index (χ3v) is 4.36. The number of cyclic esters (lactones) is 1. The van der Waals surface area contributed by atoms with Gasteiger partial charge in [-0.1, -0.05) is 30.3 Å². The first-order valence-corrected chi connectivity index (χ1v) is 8.09. The fourth-order valence-electron chi connectivity index (χ4n) is 2.47. The Kier molecular flexibility index (Phi) is 4.71. The number of hydrogen-bond acceptors (Lipinski definition) is 4. The molecule has 0 saturated heterocycles. The summed E-state index contributed by atoms with van der Waals surface area (Å²) in [6.07, 6.45) is -0.922. The average Bonchev–Trinajstić information content (AvgIpc) is 2.55. The van der Waals surface area contributed by atoms with Crippen LogP contribution < -0.4 is 5.32 Å². The van der Waals surface area contributed by atoms with Crippen molar-refractivity contribution in [3.05, 3.63) is 59.7 Å². The van der Waals surface area contributed by atoms with E-state index in [-0.39, 0.29) is 28.8 Å². The minimum absolute atomic E-state index is 0.0183. The summed E-state index contributed by atoms with van der Waals surface area (Å²) in [5.74, 6) is -1.29. The first-order valence-electron chi connectivity index (χ1n) is 7.28. The van der Waals surface area contributed by atoms with Gasteiger partial charge in [0.25, 0.3) is 5.91 Å². The van der Waals surface area contributed by atoms with E-state index in [1.807, 2.05) is 0 Å². The molecule has 2 aromatic rings. The SMILES string of the molecule is O=C1OC(C(=O)Nc2ccccc2SC(F)(F)F)Cc2ccccc21. The van der Waals surface area contributed by atoms with Crippen LogP contribution in [0.25, 0.3) is 0 Å². The van der Waals surface area contributed by atoms with Gasteiger partial charge in [-0.15, -0.1) is 0 Å². The summed E-state index contributed by atoms with van der Waals surface area (Å²) < 4.78 is 42.9. The van der Waals surface area contributed by atoms with Gasteiger partial charge in [0.05, 0.1) is 11.3 Å². The molecule has 2 aromatic carbocycles. The van der Waals surface area contributed by atoms with E-state index in [1.165, 1.54) is 24.3 Å². The smallest absolute Gasteiger partial charge is 0.446 e. The van der Waals surface area contributed by atoms with E-state index in [9.17, 15) is 22.8 Å². The van der Waals surface area contributed by atoms with E-state index in [4.69, 9.17) is 4.74 Å². The second-order valence-electron chi connectivity index (χ2n) is 5.29. The number of fused-ring (bicyclic) bond motifs is 1. The highest BCUT2D eigenvalue weighted by molar-refractivity contribution is 8.00. The van der Waals surface area contributed by atoms with Gasteiger partial charge in [-0.25, -0.2) is 4.79 Å².